The van der Waals surface area contributed by atoms with Crippen molar-refractivity contribution in [3.05, 3.63) is 30.0 Å². The van der Waals surface area contributed by atoms with Crippen molar-refractivity contribution in [2.24, 2.45) is 0 Å². The molecule has 7 nitrogen and oxygen atoms in total. The molecule has 1 fully saturated rings. The molecule has 2 aromatic heterocycles. The molecule has 2 amide bonds. The molecule has 7 heteroatoms. The van der Waals surface area contributed by atoms with Crippen molar-refractivity contribution in [3.8, 4) is 6.07 Å². The molecule has 0 spiro atoms. The molecule has 4 rings (SSSR count). The summed E-state index contributed by atoms with van der Waals surface area (Å²) in [5.41, 5.74) is 2.52. The first-order valence-electron chi connectivity index (χ1n) is 9.53. The van der Waals surface area contributed by atoms with Crippen molar-refractivity contribution in [2.75, 3.05) is 11.4 Å². The summed E-state index contributed by atoms with van der Waals surface area (Å²) in [5, 5.41) is 9.87. The molecule has 1 aliphatic heterocycles. The van der Waals surface area contributed by atoms with Gasteiger partial charge in [0.15, 0.2) is 0 Å². The molecule has 0 unspecified atom stereocenters. The summed E-state index contributed by atoms with van der Waals surface area (Å²) in [5.74, 6) is 0.509. The highest BCUT2D eigenvalue weighted by Crippen LogP contribution is 2.38. The van der Waals surface area contributed by atoms with E-state index in [0.717, 1.165) is 41.4 Å². The van der Waals surface area contributed by atoms with Crippen LogP contribution < -0.4 is 4.90 Å². The summed E-state index contributed by atoms with van der Waals surface area (Å²) < 4.78 is 0. The van der Waals surface area contributed by atoms with Crippen LogP contribution in [0.1, 0.15) is 45.1 Å². The zero-order chi connectivity index (χ0) is 19.9. The molecule has 0 aromatic carbocycles. The van der Waals surface area contributed by atoms with E-state index < -0.39 is 5.54 Å². The molecule has 28 heavy (non-hydrogen) atoms. The van der Waals surface area contributed by atoms with E-state index in [9.17, 15) is 9.59 Å². The monoisotopic (exact) mass is 377 g/mol. The van der Waals surface area contributed by atoms with Crippen LogP contribution in [0.2, 0.25) is 0 Å². The summed E-state index contributed by atoms with van der Waals surface area (Å²) in [6.07, 6.45) is 7.33. The third kappa shape index (κ3) is 3.15. The van der Waals surface area contributed by atoms with Crippen molar-refractivity contribution < 1.29 is 9.59 Å². The van der Waals surface area contributed by atoms with Crippen LogP contribution in [0.4, 0.5) is 5.82 Å². The second-order valence-corrected chi connectivity index (χ2v) is 8.07. The largest absolute Gasteiger partial charge is 0.346 e. The molecule has 2 aromatic rings. The number of nitrogens with zero attached hydrogens (tertiary/aromatic N) is 4. The van der Waals surface area contributed by atoms with Crippen LogP contribution in [-0.4, -0.2) is 45.3 Å². The lowest BCUT2D eigenvalue weighted by Crippen LogP contribution is -2.49. The van der Waals surface area contributed by atoms with Crippen LogP contribution in [0.5, 0.6) is 0 Å². The number of aromatic nitrogens is 2. The Kier molecular flexibility index (Phi) is 4.42. The first-order valence-corrected chi connectivity index (χ1v) is 9.53. The Morgan fingerprint density at radius 1 is 1.50 bits per heavy atom. The zero-order valence-electron chi connectivity index (χ0n) is 16.1. The van der Waals surface area contributed by atoms with Gasteiger partial charge >= 0.3 is 0 Å². The highest BCUT2D eigenvalue weighted by molar-refractivity contribution is 5.94. The third-order valence-electron chi connectivity index (χ3n) is 5.58. The van der Waals surface area contributed by atoms with Crippen LogP contribution in [0.15, 0.2) is 24.4 Å². The standard InChI is InChI=1S/C21H23N5O2/c1-21(2)12-14(7-10-26(21)19(28)5-8-22)17-11-18(25(13-27)15-3-4-15)24-20-16(17)6-9-23-20/h6-7,9,11,13,15H,3-5,10,12H2,1-2H3,(H,23,24). The Morgan fingerprint density at radius 3 is 2.93 bits per heavy atom. The van der Waals surface area contributed by atoms with Gasteiger partial charge in [0, 0.05) is 29.7 Å². The van der Waals surface area contributed by atoms with Gasteiger partial charge < -0.3 is 9.88 Å². The van der Waals surface area contributed by atoms with E-state index >= 15 is 0 Å². The lowest BCUT2D eigenvalue weighted by atomic mass is 9.85. The Balaban J connectivity index is 1.74. The molecular formula is C21H23N5O2. The Labute approximate surface area is 163 Å². The molecule has 1 aliphatic carbocycles. The number of aromatic amines is 1. The number of fused-ring (bicyclic) bond motifs is 1. The van der Waals surface area contributed by atoms with E-state index in [-0.39, 0.29) is 18.4 Å². The Morgan fingerprint density at radius 2 is 2.29 bits per heavy atom. The smallest absolute Gasteiger partial charge is 0.237 e. The van der Waals surface area contributed by atoms with Crippen LogP contribution in [-0.2, 0) is 9.59 Å². The van der Waals surface area contributed by atoms with Gasteiger partial charge in [-0.15, -0.1) is 0 Å². The average molecular weight is 377 g/mol. The quantitative estimate of drug-likeness (QED) is 0.811. The van der Waals surface area contributed by atoms with Crippen molar-refractivity contribution in [3.63, 3.8) is 0 Å². The molecule has 0 bridgehead atoms. The first-order chi connectivity index (χ1) is 13.4. The van der Waals surface area contributed by atoms with Gasteiger partial charge in [-0.2, -0.15) is 5.26 Å². The summed E-state index contributed by atoms with van der Waals surface area (Å²) in [6.45, 7) is 4.51. The molecule has 0 saturated heterocycles. The lowest BCUT2D eigenvalue weighted by Gasteiger charge is -2.42. The maximum absolute atomic E-state index is 12.3. The van der Waals surface area contributed by atoms with Crippen LogP contribution in [0.25, 0.3) is 16.6 Å². The van der Waals surface area contributed by atoms with Gasteiger partial charge in [-0.3, -0.25) is 14.5 Å². The van der Waals surface area contributed by atoms with E-state index in [1.165, 1.54) is 0 Å². The number of amides is 2. The molecule has 0 atom stereocenters. The molecule has 3 heterocycles. The average Bonchev–Trinajstić information content (AvgIpc) is 3.37. The number of carbonyl (C=O) groups is 2. The van der Waals surface area contributed by atoms with E-state index in [0.29, 0.717) is 18.8 Å². The summed E-state index contributed by atoms with van der Waals surface area (Å²) >= 11 is 0. The zero-order valence-corrected chi connectivity index (χ0v) is 16.1. The van der Waals surface area contributed by atoms with Crippen molar-refractivity contribution in [1.29, 1.82) is 5.26 Å². The van der Waals surface area contributed by atoms with E-state index in [1.54, 1.807) is 9.80 Å². The van der Waals surface area contributed by atoms with E-state index in [1.807, 2.05) is 38.2 Å². The molecule has 2 aliphatic rings. The second-order valence-electron chi connectivity index (χ2n) is 8.07. The topological polar surface area (TPSA) is 93.1 Å². The number of pyridine rings is 1. The first kappa shape index (κ1) is 18.2. The van der Waals surface area contributed by atoms with Crippen LogP contribution >= 0.6 is 0 Å². The van der Waals surface area contributed by atoms with E-state index in [2.05, 4.69) is 16.0 Å². The fourth-order valence-corrected chi connectivity index (χ4v) is 3.99. The molecule has 144 valence electrons. The van der Waals surface area contributed by atoms with Gasteiger partial charge in [-0.1, -0.05) is 6.08 Å². The number of hydrogen-bond acceptors (Lipinski definition) is 4. The SMILES string of the molecule is CC1(C)CC(c2cc(N(C=O)C3CC3)nc3[nH]ccc23)=CCN1C(=O)CC#N. The predicted molar refractivity (Wildman–Crippen MR) is 106 cm³/mol. The second kappa shape index (κ2) is 6.79. The third-order valence-corrected chi connectivity index (χ3v) is 5.58. The maximum atomic E-state index is 12.3. The number of rotatable bonds is 5. The number of hydrogen-bond donors (Lipinski definition) is 1. The van der Waals surface area contributed by atoms with Crippen molar-refractivity contribution in [1.82, 2.24) is 14.9 Å². The van der Waals surface area contributed by atoms with Gasteiger partial charge in [-0.25, -0.2) is 4.98 Å². The van der Waals surface area contributed by atoms with Crippen LogP contribution in [0, 0.1) is 11.3 Å². The fourth-order valence-electron chi connectivity index (χ4n) is 3.99. The van der Waals surface area contributed by atoms with Gasteiger partial charge in [0.1, 0.15) is 17.9 Å². The summed E-state index contributed by atoms with van der Waals surface area (Å²) in [4.78, 5) is 35.2. The highest BCUT2D eigenvalue weighted by Gasteiger charge is 2.35. The number of anilines is 1. The van der Waals surface area contributed by atoms with Gasteiger partial charge in [0.05, 0.1) is 6.07 Å². The normalized spacial score (nSPS) is 18.5. The summed E-state index contributed by atoms with van der Waals surface area (Å²) in [6, 6.07) is 6.16. The van der Waals surface area contributed by atoms with Crippen molar-refractivity contribution in [2.45, 2.75) is 51.1 Å². The Bertz CT molecular complexity index is 1010. The van der Waals surface area contributed by atoms with Gasteiger partial charge in [0.25, 0.3) is 0 Å². The minimum absolute atomic E-state index is 0.107. The van der Waals surface area contributed by atoms with Crippen LogP contribution in [0.3, 0.4) is 0 Å². The fraction of sp³-hybridized carbons (Fsp3) is 0.429. The van der Waals surface area contributed by atoms with Crippen molar-refractivity contribution >= 4 is 34.7 Å². The number of nitriles is 1. The highest BCUT2D eigenvalue weighted by atomic mass is 16.2. The minimum atomic E-state index is -0.398. The molecule has 1 N–H and O–H groups in total. The van der Waals surface area contributed by atoms with E-state index in [4.69, 9.17) is 5.26 Å². The molecule has 0 radical (unpaired) electrons. The number of carbonyl (C=O) groups excluding carboxylic acids is 2. The Hall–Kier alpha value is -3.14. The number of nitrogens with one attached hydrogen (secondary N) is 1. The maximum Gasteiger partial charge on any atom is 0.237 e. The number of H-pyrrole nitrogens is 1. The predicted octanol–water partition coefficient (Wildman–Crippen LogP) is 3.00. The van der Waals surface area contributed by atoms with Gasteiger partial charge in [-0.05, 0) is 56.4 Å². The molecular weight excluding hydrogens is 354 g/mol. The van der Waals surface area contributed by atoms with Gasteiger partial charge in [0.2, 0.25) is 12.3 Å². The lowest BCUT2D eigenvalue weighted by molar-refractivity contribution is -0.134. The minimum Gasteiger partial charge on any atom is -0.346 e. The summed E-state index contributed by atoms with van der Waals surface area (Å²) in [7, 11) is 0. The molecule has 1 saturated carbocycles.